The molecule has 1 aromatic carbocycles. The molecule has 1 aromatic rings. The maximum atomic E-state index is 10.9. The minimum Gasteiger partial charge on any atom is -0.394 e. The Labute approximate surface area is 94.3 Å². The minimum atomic E-state index is -0.583. The highest BCUT2D eigenvalue weighted by atomic mass is 16.6. The first-order valence-electron chi connectivity index (χ1n) is 5.00. The molecule has 0 heterocycles. The molecule has 0 atom stereocenters. The molecule has 88 valence electrons. The number of nitro groups is 1. The van der Waals surface area contributed by atoms with Crippen LogP contribution in [0.4, 0.5) is 11.4 Å². The van der Waals surface area contributed by atoms with Crippen LogP contribution < -0.4 is 5.32 Å². The molecule has 5 nitrogen and oxygen atoms in total. The van der Waals surface area contributed by atoms with Gasteiger partial charge in [0.2, 0.25) is 0 Å². The molecule has 0 aliphatic heterocycles. The second kappa shape index (κ2) is 4.49. The number of benzene rings is 1. The van der Waals surface area contributed by atoms with E-state index in [4.69, 9.17) is 5.11 Å². The monoisotopic (exact) mass is 224 g/mol. The Morgan fingerprint density at radius 3 is 2.62 bits per heavy atom. The third kappa shape index (κ3) is 2.93. The van der Waals surface area contributed by atoms with Gasteiger partial charge in [0.15, 0.2) is 0 Å². The highest BCUT2D eigenvalue weighted by Gasteiger charge is 2.21. The van der Waals surface area contributed by atoms with Crippen LogP contribution in [-0.4, -0.2) is 22.2 Å². The molecule has 0 saturated heterocycles. The van der Waals surface area contributed by atoms with E-state index in [2.05, 4.69) is 5.32 Å². The second-order valence-corrected chi connectivity index (χ2v) is 4.44. The summed E-state index contributed by atoms with van der Waals surface area (Å²) in [5, 5.41) is 22.9. The first-order valence-corrected chi connectivity index (χ1v) is 5.00. The van der Waals surface area contributed by atoms with Gasteiger partial charge in [0.05, 0.1) is 17.1 Å². The molecule has 5 heteroatoms. The number of aliphatic hydroxyl groups excluding tert-OH is 1. The molecule has 0 aromatic heterocycles. The van der Waals surface area contributed by atoms with E-state index in [9.17, 15) is 10.1 Å². The summed E-state index contributed by atoms with van der Waals surface area (Å²) >= 11 is 0. The maximum Gasteiger partial charge on any atom is 0.292 e. The number of aliphatic hydroxyl groups is 1. The Kier molecular flexibility index (Phi) is 3.49. The van der Waals surface area contributed by atoms with Gasteiger partial charge in [-0.1, -0.05) is 6.07 Å². The van der Waals surface area contributed by atoms with E-state index in [0.29, 0.717) is 5.69 Å². The predicted molar refractivity (Wildman–Crippen MR) is 62.6 cm³/mol. The summed E-state index contributed by atoms with van der Waals surface area (Å²) in [4.78, 5) is 10.4. The number of nitrogens with one attached hydrogen (secondary N) is 1. The van der Waals surface area contributed by atoms with Crippen molar-refractivity contribution in [2.75, 3.05) is 11.9 Å². The van der Waals surface area contributed by atoms with Gasteiger partial charge >= 0.3 is 0 Å². The van der Waals surface area contributed by atoms with Gasteiger partial charge in [-0.2, -0.15) is 0 Å². The minimum absolute atomic E-state index is 0.0292. The van der Waals surface area contributed by atoms with Gasteiger partial charge in [-0.3, -0.25) is 10.1 Å². The summed E-state index contributed by atoms with van der Waals surface area (Å²) in [7, 11) is 0. The lowest BCUT2D eigenvalue weighted by Gasteiger charge is -2.24. The fourth-order valence-corrected chi connectivity index (χ4v) is 1.30. The lowest BCUT2D eigenvalue weighted by Crippen LogP contribution is -2.35. The average Bonchev–Trinajstić information content (AvgIpc) is 2.20. The fourth-order valence-electron chi connectivity index (χ4n) is 1.30. The van der Waals surface area contributed by atoms with E-state index in [0.717, 1.165) is 5.56 Å². The van der Waals surface area contributed by atoms with E-state index >= 15 is 0 Å². The number of hydrogen-bond donors (Lipinski definition) is 2. The van der Waals surface area contributed by atoms with Gasteiger partial charge in [0.25, 0.3) is 5.69 Å². The van der Waals surface area contributed by atoms with Gasteiger partial charge in [0, 0.05) is 6.07 Å². The molecule has 0 fully saturated rings. The lowest BCUT2D eigenvalue weighted by atomic mass is 10.1. The molecule has 0 radical (unpaired) electrons. The van der Waals surface area contributed by atoms with Crippen LogP contribution in [0.25, 0.3) is 0 Å². The van der Waals surface area contributed by atoms with Gasteiger partial charge in [0.1, 0.15) is 5.69 Å². The van der Waals surface area contributed by atoms with Crippen LogP contribution in [0.1, 0.15) is 19.4 Å². The highest BCUT2D eigenvalue weighted by molar-refractivity contribution is 5.63. The predicted octanol–water partition coefficient (Wildman–Crippen LogP) is 2.09. The average molecular weight is 224 g/mol. The van der Waals surface area contributed by atoms with Crippen molar-refractivity contribution >= 4 is 11.4 Å². The molecular weight excluding hydrogens is 208 g/mol. The summed E-state index contributed by atoms with van der Waals surface area (Å²) in [6, 6.07) is 4.96. The molecule has 0 aliphatic rings. The van der Waals surface area contributed by atoms with Crippen LogP contribution >= 0.6 is 0 Å². The van der Waals surface area contributed by atoms with Crippen LogP contribution in [0, 0.1) is 17.0 Å². The normalized spacial score (nSPS) is 11.2. The number of anilines is 1. The summed E-state index contributed by atoms with van der Waals surface area (Å²) in [6.45, 7) is 5.25. The van der Waals surface area contributed by atoms with E-state index < -0.39 is 10.5 Å². The highest BCUT2D eigenvalue weighted by Crippen LogP contribution is 2.27. The first kappa shape index (κ1) is 12.4. The van der Waals surface area contributed by atoms with Crippen molar-refractivity contribution in [1.29, 1.82) is 0 Å². The van der Waals surface area contributed by atoms with Crippen molar-refractivity contribution in [2.24, 2.45) is 0 Å². The number of aryl methyl sites for hydroxylation is 1. The first-order chi connectivity index (χ1) is 7.35. The number of hydrogen-bond acceptors (Lipinski definition) is 4. The summed E-state index contributed by atoms with van der Waals surface area (Å²) in [6.07, 6.45) is 0. The van der Waals surface area contributed by atoms with Crippen LogP contribution in [0.15, 0.2) is 18.2 Å². The van der Waals surface area contributed by atoms with E-state index in [1.165, 1.54) is 6.07 Å². The van der Waals surface area contributed by atoms with Crippen LogP contribution in [0.3, 0.4) is 0 Å². The molecule has 0 amide bonds. The number of nitro benzene ring substituents is 1. The third-order valence-electron chi connectivity index (χ3n) is 2.22. The maximum absolute atomic E-state index is 10.9. The summed E-state index contributed by atoms with van der Waals surface area (Å²) in [5.41, 5.74) is 0.704. The molecule has 16 heavy (non-hydrogen) atoms. The fraction of sp³-hybridized carbons (Fsp3) is 0.455. The lowest BCUT2D eigenvalue weighted by molar-refractivity contribution is -0.384. The molecule has 1 rings (SSSR count). The molecule has 0 unspecified atom stereocenters. The molecule has 0 bridgehead atoms. The standard InChI is InChI=1S/C11H16N2O3/c1-8-4-5-9(10(6-8)13(15)16)12-11(2,3)7-14/h4-6,12,14H,7H2,1-3H3. The summed E-state index contributed by atoms with van der Waals surface area (Å²) in [5.74, 6) is 0. The second-order valence-electron chi connectivity index (χ2n) is 4.44. The van der Waals surface area contributed by atoms with Crippen molar-refractivity contribution in [3.8, 4) is 0 Å². The zero-order valence-electron chi connectivity index (χ0n) is 9.65. The van der Waals surface area contributed by atoms with Crippen molar-refractivity contribution in [2.45, 2.75) is 26.3 Å². The van der Waals surface area contributed by atoms with Crippen molar-refractivity contribution < 1.29 is 10.0 Å². The topological polar surface area (TPSA) is 75.4 Å². The smallest absolute Gasteiger partial charge is 0.292 e. The zero-order valence-corrected chi connectivity index (χ0v) is 9.65. The zero-order chi connectivity index (χ0) is 12.3. The van der Waals surface area contributed by atoms with Crippen LogP contribution in [0.2, 0.25) is 0 Å². The van der Waals surface area contributed by atoms with E-state index in [1.807, 2.05) is 0 Å². The van der Waals surface area contributed by atoms with Crippen LogP contribution in [0.5, 0.6) is 0 Å². The largest absolute Gasteiger partial charge is 0.394 e. The van der Waals surface area contributed by atoms with Gasteiger partial charge in [-0.15, -0.1) is 0 Å². The number of rotatable bonds is 4. The third-order valence-corrected chi connectivity index (χ3v) is 2.22. The Hall–Kier alpha value is -1.62. The Bertz CT molecular complexity index is 402. The van der Waals surface area contributed by atoms with Gasteiger partial charge < -0.3 is 10.4 Å². The van der Waals surface area contributed by atoms with Crippen LogP contribution in [-0.2, 0) is 0 Å². The van der Waals surface area contributed by atoms with E-state index in [-0.39, 0.29) is 12.3 Å². The van der Waals surface area contributed by atoms with Crippen molar-refractivity contribution in [3.63, 3.8) is 0 Å². The van der Waals surface area contributed by atoms with E-state index in [1.54, 1.807) is 32.9 Å². The summed E-state index contributed by atoms with van der Waals surface area (Å²) < 4.78 is 0. The molecule has 0 aliphatic carbocycles. The molecule has 0 saturated carbocycles. The Morgan fingerprint density at radius 2 is 2.12 bits per heavy atom. The molecule has 2 N–H and O–H groups in total. The Balaban J connectivity index is 3.09. The van der Waals surface area contributed by atoms with Gasteiger partial charge in [-0.05, 0) is 32.4 Å². The Morgan fingerprint density at radius 1 is 1.50 bits per heavy atom. The molecule has 0 spiro atoms. The quantitative estimate of drug-likeness (QED) is 0.606. The number of nitrogens with zero attached hydrogens (tertiary/aromatic N) is 1. The molecular formula is C11H16N2O3. The van der Waals surface area contributed by atoms with Gasteiger partial charge in [-0.25, -0.2) is 0 Å². The SMILES string of the molecule is Cc1ccc(NC(C)(C)CO)c([N+](=O)[O-])c1. The van der Waals surface area contributed by atoms with Crippen molar-refractivity contribution in [1.82, 2.24) is 0 Å². The van der Waals surface area contributed by atoms with Crippen molar-refractivity contribution in [3.05, 3.63) is 33.9 Å².